The van der Waals surface area contributed by atoms with Crippen LogP contribution in [0.25, 0.3) is 10.6 Å². The molecule has 0 saturated carbocycles. The number of unbranched alkanes of at least 4 members (excludes halogenated alkanes) is 1. The van der Waals surface area contributed by atoms with Gasteiger partial charge in [0.1, 0.15) is 23.2 Å². The number of ether oxygens (including phenoxy) is 1. The van der Waals surface area contributed by atoms with Crippen molar-refractivity contribution in [2.45, 2.75) is 40.0 Å². The first kappa shape index (κ1) is 26.7. The van der Waals surface area contributed by atoms with Crippen molar-refractivity contribution in [2.24, 2.45) is 0 Å². The van der Waals surface area contributed by atoms with Crippen LogP contribution in [-0.2, 0) is 0 Å². The lowest BCUT2D eigenvalue weighted by Crippen LogP contribution is -2.32. The monoisotopic (exact) mass is 500 g/mol. The third kappa shape index (κ3) is 6.84. The van der Waals surface area contributed by atoms with E-state index in [1.807, 2.05) is 32.9 Å². The van der Waals surface area contributed by atoms with E-state index in [4.69, 9.17) is 9.84 Å². The minimum atomic E-state index is -0.550. The molecular weight excluding hydrogens is 467 g/mol. The lowest BCUT2D eigenvalue weighted by molar-refractivity contribution is 0.0982. The zero-order valence-corrected chi connectivity index (χ0v) is 21.3. The average Bonchev–Trinajstić information content (AvgIpc) is 3.33. The van der Waals surface area contributed by atoms with Crippen molar-refractivity contribution in [1.29, 1.82) is 0 Å². The molecule has 0 aliphatic heterocycles. The number of rotatable bonds is 13. The molecule has 0 radical (unpaired) electrons. The summed E-state index contributed by atoms with van der Waals surface area (Å²) in [5, 5.41) is 21.9. The van der Waals surface area contributed by atoms with Crippen LogP contribution < -0.4 is 15.0 Å². The quantitative estimate of drug-likeness (QED) is 0.329. The minimum Gasteiger partial charge on any atom is -0.492 e. The highest BCUT2D eigenvalue weighted by Crippen LogP contribution is 2.36. The van der Waals surface area contributed by atoms with Crippen LogP contribution in [0.4, 0.5) is 9.52 Å². The number of nitrogens with zero attached hydrogens (tertiary/aromatic N) is 3. The van der Waals surface area contributed by atoms with Gasteiger partial charge in [-0.15, -0.1) is 10.2 Å². The molecule has 0 unspecified atom stereocenters. The SMILES string of the molecule is CCCCN(C(=O)c1ccccc1F)c1nnc(-c2ccc(C)c(OCCNCCCO)c2C)s1. The molecule has 1 amide bonds. The topological polar surface area (TPSA) is 87.6 Å². The van der Waals surface area contributed by atoms with Gasteiger partial charge in [0.2, 0.25) is 5.13 Å². The zero-order chi connectivity index (χ0) is 25.2. The molecule has 0 fully saturated rings. The molecule has 188 valence electrons. The van der Waals surface area contributed by atoms with Gasteiger partial charge in [0.15, 0.2) is 0 Å². The second kappa shape index (κ2) is 13.3. The molecular formula is C26H33FN4O3S. The number of anilines is 1. The van der Waals surface area contributed by atoms with Gasteiger partial charge in [-0.05, 0) is 50.9 Å². The van der Waals surface area contributed by atoms with Gasteiger partial charge in [-0.1, -0.05) is 48.9 Å². The lowest BCUT2D eigenvalue weighted by Gasteiger charge is -2.19. The number of aliphatic hydroxyl groups excluding tert-OH is 1. The molecule has 0 saturated heterocycles. The summed E-state index contributed by atoms with van der Waals surface area (Å²) < 4.78 is 20.4. The summed E-state index contributed by atoms with van der Waals surface area (Å²) in [6, 6.07) is 9.96. The van der Waals surface area contributed by atoms with Crippen LogP contribution in [0.1, 0.15) is 47.7 Å². The Kier molecular flexibility index (Phi) is 10.1. The molecule has 3 rings (SSSR count). The molecule has 2 aromatic carbocycles. The first-order valence-corrected chi connectivity index (χ1v) is 12.7. The average molecular weight is 501 g/mol. The molecule has 7 nitrogen and oxygen atoms in total. The number of aryl methyl sites for hydroxylation is 1. The summed E-state index contributed by atoms with van der Waals surface area (Å²) in [7, 11) is 0. The van der Waals surface area contributed by atoms with Gasteiger partial charge in [0.25, 0.3) is 5.91 Å². The number of hydrogen-bond donors (Lipinski definition) is 2. The standard InChI is InChI=1S/C26H33FN4O3S/c1-4-5-15-31(25(33)21-9-6-7-10-22(21)27)26-30-29-24(35-26)20-12-11-18(2)23(19(20)3)34-17-14-28-13-8-16-32/h6-7,9-12,28,32H,4-5,8,13-17H2,1-3H3. The molecule has 0 bridgehead atoms. The van der Waals surface area contributed by atoms with Crippen molar-refractivity contribution in [2.75, 3.05) is 37.7 Å². The van der Waals surface area contributed by atoms with Gasteiger partial charge in [-0.2, -0.15) is 0 Å². The first-order valence-electron chi connectivity index (χ1n) is 11.9. The third-order valence-corrected chi connectivity index (χ3v) is 6.58. The Balaban J connectivity index is 1.82. The number of aliphatic hydroxyl groups is 1. The van der Waals surface area contributed by atoms with Gasteiger partial charge >= 0.3 is 0 Å². The smallest absolute Gasteiger partial charge is 0.263 e. The van der Waals surface area contributed by atoms with Crippen molar-refractivity contribution >= 4 is 22.4 Å². The molecule has 2 N–H and O–H groups in total. The fourth-order valence-corrected chi connectivity index (χ4v) is 4.60. The number of nitrogens with one attached hydrogen (secondary N) is 1. The highest BCUT2D eigenvalue weighted by atomic mass is 32.1. The number of amides is 1. The fourth-order valence-electron chi connectivity index (χ4n) is 3.65. The number of halogens is 1. The lowest BCUT2D eigenvalue weighted by atomic mass is 10.0. The van der Waals surface area contributed by atoms with E-state index in [0.717, 1.165) is 41.8 Å². The van der Waals surface area contributed by atoms with Crippen molar-refractivity contribution in [3.8, 4) is 16.3 Å². The van der Waals surface area contributed by atoms with E-state index in [2.05, 4.69) is 15.5 Å². The predicted molar refractivity (Wildman–Crippen MR) is 138 cm³/mol. The summed E-state index contributed by atoms with van der Waals surface area (Å²) >= 11 is 1.31. The molecule has 9 heteroatoms. The second-order valence-corrected chi connectivity index (χ2v) is 9.20. The Labute approximate surface area is 210 Å². The number of carbonyl (C=O) groups is 1. The summed E-state index contributed by atoms with van der Waals surface area (Å²) in [6.07, 6.45) is 2.37. The van der Waals surface area contributed by atoms with E-state index in [9.17, 15) is 9.18 Å². The maximum Gasteiger partial charge on any atom is 0.263 e. The van der Waals surface area contributed by atoms with E-state index in [1.165, 1.54) is 28.4 Å². The van der Waals surface area contributed by atoms with Crippen LogP contribution in [0.2, 0.25) is 0 Å². The Morgan fingerprint density at radius 1 is 1.14 bits per heavy atom. The third-order valence-electron chi connectivity index (χ3n) is 5.60. The first-order chi connectivity index (χ1) is 17.0. The second-order valence-electron chi connectivity index (χ2n) is 8.24. The number of aromatic nitrogens is 2. The van der Waals surface area contributed by atoms with Gasteiger partial charge in [0.05, 0.1) is 5.56 Å². The van der Waals surface area contributed by atoms with Crippen LogP contribution in [-0.4, -0.2) is 54.1 Å². The normalized spacial score (nSPS) is 11.0. The maximum atomic E-state index is 14.3. The Morgan fingerprint density at radius 2 is 1.94 bits per heavy atom. The van der Waals surface area contributed by atoms with E-state index in [0.29, 0.717) is 36.3 Å². The summed E-state index contributed by atoms with van der Waals surface area (Å²) in [5.74, 6) is -0.170. The van der Waals surface area contributed by atoms with Gasteiger partial charge < -0.3 is 15.2 Å². The van der Waals surface area contributed by atoms with Crippen molar-refractivity contribution in [3.63, 3.8) is 0 Å². The number of benzene rings is 2. The summed E-state index contributed by atoms with van der Waals surface area (Å²) in [6.45, 7) is 8.54. The van der Waals surface area contributed by atoms with E-state index in [-0.39, 0.29) is 12.2 Å². The summed E-state index contributed by atoms with van der Waals surface area (Å²) in [4.78, 5) is 14.7. The molecule has 35 heavy (non-hydrogen) atoms. The Morgan fingerprint density at radius 3 is 2.69 bits per heavy atom. The molecule has 3 aromatic rings. The minimum absolute atomic E-state index is 0.0233. The molecule has 1 aromatic heterocycles. The van der Waals surface area contributed by atoms with Crippen LogP contribution >= 0.6 is 11.3 Å². The molecule has 0 atom stereocenters. The van der Waals surface area contributed by atoms with Crippen molar-refractivity contribution in [3.05, 3.63) is 58.9 Å². The van der Waals surface area contributed by atoms with Gasteiger partial charge in [0, 0.05) is 30.8 Å². The Hall–Kier alpha value is -2.88. The van der Waals surface area contributed by atoms with E-state index < -0.39 is 11.7 Å². The molecule has 0 aliphatic rings. The van der Waals surface area contributed by atoms with Crippen LogP contribution in [0.5, 0.6) is 5.75 Å². The van der Waals surface area contributed by atoms with Gasteiger partial charge in [-0.25, -0.2) is 4.39 Å². The van der Waals surface area contributed by atoms with E-state index in [1.54, 1.807) is 12.1 Å². The van der Waals surface area contributed by atoms with Crippen LogP contribution in [0.3, 0.4) is 0 Å². The Bertz CT molecular complexity index is 1120. The van der Waals surface area contributed by atoms with E-state index >= 15 is 0 Å². The summed E-state index contributed by atoms with van der Waals surface area (Å²) in [5.41, 5.74) is 2.88. The fraction of sp³-hybridized carbons (Fsp3) is 0.423. The van der Waals surface area contributed by atoms with Crippen molar-refractivity contribution < 1.29 is 19.0 Å². The highest BCUT2D eigenvalue weighted by molar-refractivity contribution is 7.18. The molecule has 1 heterocycles. The zero-order valence-electron chi connectivity index (χ0n) is 20.5. The molecule has 0 aliphatic carbocycles. The van der Waals surface area contributed by atoms with Crippen LogP contribution in [0, 0.1) is 19.7 Å². The largest absolute Gasteiger partial charge is 0.492 e. The number of carbonyl (C=O) groups excluding carboxylic acids is 1. The highest BCUT2D eigenvalue weighted by Gasteiger charge is 2.24. The molecule has 0 spiro atoms. The van der Waals surface area contributed by atoms with Gasteiger partial charge in [-0.3, -0.25) is 9.69 Å². The predicted octanol–water partition coefficient (Wildman–Crippen LogP) is 4.76. The van der Waals surface area contributed by atoms with Crippen molar-refractivity contribution in [1.82, 2.24) is 15.5 Å². The maximum absolute atomic E-state index is 14.3. The number of hydrogen-bond acceptors (Lipinski definition) is 7. The van der Waals surface area contributed by atoms with Crippen LogP contribution in [0.15, 0.2) is 36.4 Å².